The van der Waals surface area contributed by atoms with Crippen molar-refractivity contribution in [3.8, 4) is 0 Å². The summed E-state index contributed by atoms with van der Waals surface area (Å²) in [5.74, 6) is 1.19. The van der Waals surface area contributed by atoms with Gasteiger partial charge in [-0.2, -0.15) is 5.10 Å². The summed E-state index contributed by atoms with van der Waals surface area (Å²) in [4.78, 5) is 11.9. The average molecular weight is 285 g/mol. The van der Waals surface area contributed by atoms with Crippen molar-refractivity contribution in [2.24, 2.45) is 5.10 Å². The van der Waals surface area contributed by atoms with Crippen LogP contribution < -0.4 is 10.7 Å². The molecule has 0 saturated carbocycles. The van der Waals surface area contributed by atoms with Crippen LogP contribution in [0.15, 0.2) is 45.9 Å². The Morgan fingerprint density at radius 3 is 2.52 bits per heavy atom. The van der Waals surface area contributed by atoms with Crippen molar-refractivity contribution in [2.45, 2.75) is 26.8 Å². The molecule has 0 saturated heterocycles. The number of aryl methyl sites for hydroxylation is 2. The van der Waals surface area contributed by atoms with Gasteiger partial charge in [-0.3, -0.25) is 4.79 Å². The van der Waals surface area contributed by atoms with Crippen LogP contribution >= 0.6 is 0 Å². The molecule has 0 fully saturated rings. The number of benzene rings is 1. The van der Waals surface area contributed by atoms with Crippen molar-refractivity contribution in [3.63, 3.8) is 0 Å². The first kappa shape index (κ1) is 14.8. The zero-order valence-corrected chi connectivity index (χ0v) is 12.4. The first-order chi connectivity index (χ1) is 10.0. The van der Waals surface area contributed by atoms with E-state index in [9.17, 15) is 4.79 Å². The summed E-state index contributed by atoms with van der Waals surface area (Å²) in [7, 11) is 0. The van der Waals surface area contributed by atoms with E-state index in [1.165, 1.54) is 11.8 Å². The minimum absolute atomic E-state index is 0.213. The average Bonchev–Trinajstić information content (AvgIpc) is 2.87. The Hall–Kier alpha value is -2.56. The van der Waals surface area contributed by atoms with E-state index in [-0.39, 0.29) is 11.9 Å². The molecule has 1 amide bonds. The van der Waals surface area contributed by atoms with Gasteiger partial charge in [-0.25, -0.2) is 5.43 Å². The number of carbonyl (C=O) groups excluding carboxylic acids is 1. The van der Waals surface area contributed by atoms with Crippen molar-refractivity contribution < 1.29 is 9.21 Å². The van der Waals surface area contributed by atoms with E-state index in [2.05, 4.69) is 15.8 Å². The Morgan fingerprint density at radius 2 is 1.90 bits per heavy atom. The first-order valence-corrected chi connectivity index (χ1v) is 6.77. The lowest BCUT2D eigenvalue weighted by Crippen LogP contribution is -2.34. The van der Waals surface area contributed by atoms with Gasteiger partial charge in [0.05, 0.1) is 6.21 Å². The molecule has 1 aromatic heterocycles. The van der Waals surface area contributed by atoms with Crippen LogP contribution in [-0.2, 0) is 4.79 Å². The van der Waals surface area contributed by atoms with Gasteiger partial charge >= 0.3 is 0 Å². The van der Waals surface area contributed by atoms with E-state index in [4.69, 9.17) is 4.42 Å². The maximum absolute atomic E-state index is 11.9. The molecule has 0 radical (unpaired) electrons. The summed E-state index contributed by atoms with van der Waals surface area (Å²) >= 11 is 0. The fraction of sp³-hybridized carbons (Fsp3) is 0.250. The van der Waals surface area contributed by atoms with E-state index in [0.29, 0.717) is 5.76 Å². The number of carbonyl (C=O) groups is 1. The molecule has 2 N–H and O–H groups in total. The quantitative estimate of drug-likeness (QED) is 0.655. The van der Waals surface area contributed by atoms with Gasteiger partial charge < -0.3 is 9.73 Å². The van der Waals surface area contributed by atoms with Crippen molar-refractivity contribution in [1.82, 2.24) is 5.43 Å². The fourth-order valence-corrected chi connectivity index (χ4v) is 1.74. The molecule has 0 aliphatic carbocycles. The second-order valence-electron chi connectivity index (χ2n) is 4.91. The van der Waals surface area contributed by atoms with Crippen molar-refractivity contribution in [3.05, 3.63) is 53.5 Å². The number of nitrogens with one attached hydrogen (secondary N) is 2. The molecule has 5 heteroatoms. The van der Waals surface area contributed by atoms with Crippen LogP contribution in [0.2, 0.25) is 0 Å². The maximum atomic E-state index is 11.9. The molecule has 0 aliphatic heterocycles. The Labute approximate surface area is 124 Å². The summed E-state index contributed by atoms with van der Waals surface area (Å²) in [5.41, 5.74) is 4.55. The number of amides is 1. The summed E-state index contributed by atoms with van der Waals surface area (Å²) in [5, 5.41) is 6.99. The van der Waals surface area contributed by atoms with E-state index in [0.717, 1.165) is 11.4 Å². The molecule has 21 heavy (non-hydrogen) atoms. The number of hydrogen-bond acceptors (Lipinski definition) is 4. The molecule has 0 bridgehead atoms. The van der Waals surface area contributed by atoms with Crippen LogP contribution in [-0.4, -0.2) is 18.2 Å². The van der Waals surface area contributed by atoms with Crippen molar-refractivity contribution in [2.75, 3.05) is 5.32 Å². The highest BCUT2D eigenvalue weighted by molar-refractivity contribution is 5.85. The van der Waals surface area contributed by atoms with Gasteiger partial charge in [0.2, 0.25) is 0 Å². The minimum Gasteiger partial charge on any atom is -0.460 e. The number of hydrogen-bond donors (Lipinski definition) is 2. The molecule has 1 aromatic carbocycles. The second-order valence-corrected chi connectivity index (χ2v) is 4.91. The van der Waals surface area contributed by atoms with Gasteiger partial charge in [0.15, 0.2) is 0 Å². The molecule has 1 atom stereocenters. The molecule has 0 spiro atoms. The topological polar surface area (TPSA) is 66.6 Å². The monoisotopic (exact) mass is 285 g/mol. The lowest BCUT2D eigenvalue weighted by Gasteiger charge is -2.13. The molecular weight excluding hydrogens is 266 g/mol. The lowest BCUT2D eigenvalue weighted by molar-refractivity contribution is -0.121. The Balaban J connectivity index is 1.85. The third-order valence-corrected chi connectivity index (χ3v) is 2.96. The zero-order valence-electron chi connectivity index (χ0n) is 12.4. The maximum Gasteiger partial charge on any atom is 0.262 e. The highest BCUT2D eigenvalue weighted by atomic mass is 16.3. The van der Waals surface area contributed by atoms with Crippen molar-refractivity contribution >= 4 is 17.8 Å². The van der Waals surface area contributed by atoms with Gasteiger partial charge in [0.25, 0.3) is 5.91 Å². The summed E-state index contributed by atoms with van der Waals surface area (Å²) < 4.78 is 5.32. The van der Waals surface area contributed by atoms with Gasteiger partial charge in [-0.1, -0.05) is 17.7 Å². The number of nitrogens with zero attached hydrogens (tertiary/aromatic N) is 1. The standard InChI is InChI=1S/C16H19N3O2/c1-11-4-7-14(8-5-11)18-13(3)16(20)19-17-10-15-9-6-12(2)21-15/h4-10,13,18H,1-3H3,(H,19,20). The lowest BCUT2D eigenvalue weighted by atomic mass is 10.2. The van der Waals surface area contributed by atoms with Gasteiger partial charge in [0.1, 0.15) is 17.6 Å². The van der Waals surface area contributed by atoms with Crippen LogP contribution in [0.5, 0.6) is 0 Å². The van der Waals surface area contributed by atoms with Gasteiger partial charge in [-0.15, -0.1) is 0 Å². The highest BCUT2D eigenvalue weighted by Gasteiger charge is 2.11. The fourth-order valence-electron chi connectivity index (χ4n) is 1.74. The Morgan fingerprint density at radius 1 is 1.19 bits per heavy atom. The van der Waals surface area contributed by atoms with E-state index in [1.807, 2.05) is 44.2 Å². The molecule has 5 nitrogen and oxygen atoms in total. The molecule has 110 valence electrons. The largest absolute Gasteiger partial charge is 0.460 e. The summed E-state index contributed by atoms with van der Waals surface area (Å²) in [6, 6.07) is 11.1. The van der Waals surface area contributed by atoms with Crippen LogP contribution in [0.1, 0.15) is 24.0 Å². The SMILES string of the molecule is Cc1ccc(NC(C)C(=O)NN=Cc2ccc(C)o2)cc1. The third-order valence-electron chi connectivity index (χ3n) is 2.96. The minimum atomic E-state index is -0.386. The van der Waals surface area contributed by atoms with E-state index >= 15 is 0 Å². The number of hydrazone groups is 1. The molecular formula is C16H19N3O2. The van der Waals surface area contributed by atoms with Crippen LogP contribution in [0, 0.1) is 13.8 Å². The molecule has 2 rings (SSSR count). The molecule has 1 heterocycles. The summed E-state index contributed by atoms with van der Waals surface area (Å²) in [6.07, 6.45) is 1.48. The van der Waals surface area contributed by atoms with Gasteiger partial charge in [0, 0.05) is 5.69 Å². The van der Waals surface area contributed by atoms with Crippen molar-refractivity contribution in [1.29, 1.82) is 0 Å². The normalized spacial score (nSPS) is 12.3. The van der Waals surface area contributed by atoms with Gasteiger partial charge in [-0.05, 0) is 45.0 Å². The first-order valence-electron chi connectivity index (χ1n) is 6.77. The highest BCUT2D eigenvalue weighted by Crippen LogP contribution is 2.10. The smallest absolute Gasteiger partial charge is 0.262 e. The molecule has 1 unspecified atom stereocenters. The molecule has 0 aliphatic rings. The Kier molecular flexibility index (Phi) is 4.77. The predicted molar refractivity (Wildman–Crippen MR) is 83.4 cm³/mol. The third kappa shape index (κ3) is 4.49. The van der Waals surface area contributed by atoms with Crippen LogP contribution in [0.3, 0.4) is 0 Å². The zero-order chi connectivity index (χ0) is 15.2. The van der Waals surface area contributed by atoms with E-state index < -0.39 is 0 Å². The van der Waals surface area contributed by atoms with Crippen LogP contribution in [0.4, 0.5) is 5.69 Å². The Bertz CT molecular complexity index is 629. The van der Waals surface area contributed by atoms with E-state index in [1.54, 1.807) is 13.0 Å². The van der Waals surface area contributed by atoms with Crippen LogP contribution in [0.25, 0.3) is 0 Å². The number of anilines is 1. The number of rotatable bonds is 5. The summed E-state index contributed by atoms with van der Waals surface area (Å²) in [6.45, 7) is 5.65. The number of furan rings is 1. The predicted octanol–water partition coefficient (Wildman–Crippen LogP) is 2.85. The molecule has 2 aromatic rings. The second kappa shape index (κ2) is 6.74.